The van der Waals surface area contributed by atoms with Crippen molar-refractivity contribution >= 4 is 21.9 Å². The fourth-order valence-corrected chi connectivity index (χ4v) is 3.63. The maximum absolute atomic E-state index is 12.1. The molecule has 102 valence electrons. The predicted molar refractivity (Wildman–Crippen MR) is 74.9 cm³/mol. The molecule has 2 saturated heterocycles. The van der Waals surface area contributed by atoms with Gasteiger partial charge in [0.05, 0.1) is 25.2 Å². The van der Waals surface area contributed by atoms with E-state index in [0.717, 1.165) is 23.7 Å². The topological polar surface area (TPSA) is 35.5 Å². The van der Waals surface area contributed by atoms with Crippen molar-refractivity contribution in [2.75, 3.05) is 7.11 Å². The average Bonchev–Trinajstić information content (AvgIpc) is 2.80. The van der Waals surface area contributed by atoms with Gasteiger partial charge in [0, 0.05) is 10.4 Å². The normalized spacial score (nSPS) is 33.2. The lowest BCUT2D eigenvalue weighted by atomic mass is 9.79. The van der Waals surface area contributed by atoms with Gasteiger partial charge >= 0.3 is 5.97 Å². The van der Waals surface area contributed by atoms with E-state index in [9.17, 15) is 4.79 Å². The minimum absolute atomic E-state index is 0.0276. The van der Waals surface area contributed by atoms with Gasteiger partial charge in [-0.2, -0.15) is 0 Å². The first kappa shape index (κ1) is 13.1. The van der Waals surface area contributed by atoms with Gasteiger partial charge in [0.25, 0.3) is 0 Å². The van der Waals surface area contributed by atoms with Gasteiger partial charge in [-0.15, -0.1) is 0 Å². The first-order valence-electron chi connectivity index (χ1n) is 6.68. The first-order valence-corrected chi connectivity index (χ1v) is 7.47. The highest BCUT2D eigenvalue weighted by molar-refractivity contribution is 9.10. The Kier molecular flexibility index (Phi) is 3.63. The summed E-state index contributed by atoms with van der Waals surface area (Å²) in [5.74, 6) is -0.0880. The summed E-state index contributed by atoms with van der Waals surface area (Å²) in [5, 5.41) is 0. The Bertz CT molecular complexity index is 471. The van der Waals surface area contributed by atoms with E-state index in [1.807, 2.05) is 12.1 Å². The lowest BCUT2D eigenvalue weighted by Crippen LogP contribution is -2.39. The number of benzene rings is 1. The average molecular weight is 325 g/mol. The van der Waals surface area contributed by atoms with Crippen LogP contribution in [0.15, 0.2) is 28.7 Å². The quantitative estimate of drug-likeness (QED) is 0.783. The summed E-state index contributed by atoms with van der Waals surface area (Å²) < 4.78 is 11.9. The number of rotatable bonds is 2. The summed E-state index contributed by atoms with van der Waals surface area (Å²) in [5.41, 5.74) is 1.21. The number of fused-ring (bicyclic) bond motifs is 2. The predicted octanol–water partition coefficient (Wildman–Crippen LogP) is 3.27. The smallest absolute Gasteiger partial charge is 0.311 e. The highest BCUT2D eigenvalue weighted by Crippen LogP contribution is 2.45. The zero-order valence-corrected chi connectivity index (χ0v) is 12.4. The molecular formula is C15H17BrO3. The molecule has 0 spiro atoms. The van der Waals surface area contributed by atoms with E-state index in [2.05, 4.69) is 28.1 Å². The number of esters is 1. The fourth-order valence-electron chi connectivity index (χ4n) is 3.37. The van der Waals surface area contributed by atoms with E-state index in [4.69, 9.17) is 9.47 Å². The van der Waals surface area contributed by atoms with Crippen molar-refractivity contribution in [3.63, 3.8) is 0 Å². The van der Waals surface area contributed by atoms with Crippen molar-refractivity contribution in [3.8, 4) is 0 Å². The third-order valence-electron chi connectivity index (χ3n) is 4.26. The van der Waals surface area contributed by atoms with E-state index < -0.39 is 0 Å². The van der Waals surface area contributed by atoms with Crippen LogP contribution >= 0.6 is 15.9 Å². The van der Waals surface area contributed by atoms with E-state index in [1.54, 1.807) is 0 Å². The van der Waals surface area contributed by atoms with Crippen LogP contribution in [0.1, 0.15) is 30.7 Å². The summed E-state index contributed by atoms with van der Waals surface area (Å²) in [6.07, 6.45) is 3.28. The molecule has 4 atom stereocenters. The molecule has 0 aliphatic carbocycles. The van der Waals surface area contributed by atoms with Crippen molar-refractivity contribution in [1.29, 1.82) is 0 Å². The monoisotopic (exact) mass is 324 g/mol. The zero-order chi connectivity index (χ0) is 13.4. The number of hydrogen-bond acceptors (Lipinski definition) is 3. The van der Waals surface area contributed by atoms with E-state index in [-0.39, 0.29) is 23.9 Å². The molecule has 1 aromatic carbocycles. The minimum atomic E-state index is -0.162. The largest absolute Gasteiger partial charge is 0.469 e. The molecule has 2 heterocycles. The molecule has 0 aromatic heterocycles. The molecule has 0 N–H and O–H groups in total. The second-order valence-corrected chi connectivity index (χ2v) is 6.23. The van der Waals surface area contributed by atoms with Gasteiger partial charge < -0.3 is 9.47 Å². The maximum Gasteiger partial charge on any atom is 0.311 e. The van der Waals surface area contributed by atoms with Crippen LogP contribution in [-0.4, -0.2) is 25.3 Å². The lowest BCUT2D eigenvalue weighted by molar-refractivity contribution is -0.156. The lowest BCUT2D eigenvalue weighted by Gasteiger charge is -2.35. The molecule has 1 aromatic rings. The second kappa shape index (κ2) is 5.25. The van der Waals surface area contributed by atoms with Crippen molar-refractivity contribution in [1.82, 2.24) is 0 Å². The van der Waals surface area contributed by atoms with Crippen LogP contribution in [0.25, 0.3) is 0 Å². The van der Waals surface area contributed by atoms with Gasteiger partial charge in [0.15, 0.2) is 0 Å². The highest BCUT2D eigenvalue weighted by atomic mass is 79.9. The highest BCUT2D eigenvalue weighted by Gasteiger charge is 2.47. The van der Waals surface area contributed by atoms with Gasteiger partial charge in [-0.25, -0.2) is 0 Å². The molecule has 0 saturated carbocycles. The summed E-state index contributed by atoms with van der Waals surface area (Å²) in [6, 6.07) is 8.24. The van der Waals surface area contributed by atoms with E-state index in [0.29, 0.717) is 6.10 Å². The Morgan fingerprint density at radius 1 is 1.32 bits per heavy atom. The Morgan fingerprint density at radius 2 is 2.05 bits per heavy atom. The standard InChI is InChI=1S/C15H17BrO3/c1-18-15(17)14-12(8-11-6-7-13(14)19-11)9-2-4-10(16)5-3-9/h2-5,11-14H,6-8H2,1H3/t11-,12-,13+,14-/m0/s1. The summed E-state index contributed by atoms with van der Waals surface area (Å²) in [4.78, 5) is 12.1. The molecule has 0 unspecified atom stereocenters. The molecule has 2 aliphatic heterocycles. The van der Waals surface area contributed by atoms with Crippen molar-refractivity contribution in [2.24, 2.45) is 5.92 Å². The Balaban J connectivity index is 1.92. The Hall–Kier alpha value is -0.870. The number of hydrogen-bond donors (Lipinski definition) is 0. The number of halogens is 1. The molecule has 2 aliphatic rings. The van der Waals surface area contributed by atoms with Crippen molar-refractivity contribution < 1.29 is 14.3 Å². The second-order valence-electron chi connectivity index (χ2n) is 5.32. The summed E-state index contributed by atoms with van der Waals surface area (Å²) in [6.45, 7) is 0. The number of methoxy groups -OCH3 is 1. The van der Waals surface area contributed by atoms with Crippen LogP contribution in [0.3, 0.4) is 0 Å². The number of ether oxygens (including phenoxy) is 2. The molecular weight excluding hydrogens is 308 g/mol. The summed E-state index contributed by atoms with van der Waals surface area (Å²) in [7, 11) is 1.46. The van der Waals surface area contributed by atoms with Gasteiger partial charge in [-0.05, 0) is 37.0 Å². The zero-order valence-electron chi connectivity index (χ0n) is 10.8. The Labute approximate surface area is 121 Å². The third kappa shape index (κ3) is 2.43. The molecule has 0 amide bonds. The van der Waals surface area contributed by atoms with E-state index in [1.165, 1.54) is 12.7 Å². The van der Waals surface area contributed by atoms with Crippen molar-refractivity contribution in [2.45, 2.75) is 37.4 Å². The van der Waals surface area contributed by atoms with Crippen LogP contribution in [0.4, 0.5) is 0 Å². The van der Waals surface area contributed by atoms with Crippen LogP contribution in [0.5, 0.6) is 0 Å². The number of carbonyl (C=O) groups excluding carboxylic acids is 1. The van der Waals surface area contributed by atoms with Gasteiger partial charge in [0.1, 0.15) is 0 Å². The van der Waals surface area contributed by atoms with Crippen molar-refractivity contribution in [3.05, 3.63) is 34.3 Å². The van der Waals surface area contributed by atoms with Crippen LogP contribution < -0.4 is 0 Å². The van der Waals surface area contributed by atoms with E-state index >= 15 is 0 Å². The Morgan fingerprint density at radius 3 is 2.74 bits per heavy atom. The minimum Gasteiger partial charge on any atom is -0.469 e. The molecule has 4 heteroatoms. The summed E-state index contributed by atoms with van der Waals surface area (Å²) >= 11 is 3.45. The third-order valence-corrected chi connectivity index (χ3v) is 4.79. The molecule has 0 radical (unpaired) electrons. The van der Waals surface area contributed by atoms with Gasteiger partial charge in [-0.3, -0.25) is 4.79 Å². The molecule has 19 heavy (non-hydrogen) atoms. The molecule has 2 bridgehead atoms. The fraction of sp³-hybridized carbons (Fsp3) is 0.533. The van der Waals surface area contributed by atoms with Crippen LogP contribution in [-0.2, 0) is 14.3 Å². The SMILES string of the molecule is COC(=O)[C@@H]1[C@H]2CC[C@@H](C[C@H]1c1ccc(Br)cc1)O2. The van der Waals surface area contributed by atoms with Gasteiger partial charge in [0.2, 0.25) is 0 Å². The first-order chi connectivity index (χ1) is 9.19. The maximum atomic E-state index is 12.1. The van der Waals surface area contributed by atoms with Crippen LogP contribution in [0, 0.1) is 5.92 Å². The molecule has 3 nitrogen and oxygen atoms in total. The molecule has 2 fully saturated rings. The van der Waals surface area contributed by atoms with Gasteiger partial charge in [-0.1, -0.05) is 28.1 Å². The van der Waals surface area contributed by atoms with Crippen LogP contribution in [0.2, 0.25) is 0 Å². The number of carbonyl (C=O) groups is 1. The molecule has 3 rings (SSSR count).